The predicted octanol–water partition coefficient (Wildman–Crippen LogP) is 1.96. The number of urea groups is 1. The lowest BCUT2D eigenvalue weighted by Gasteiger charge is -2.25. The highest BCUT2D eigenvalue weighted by Crippen LogP contribution is 2.21. The van der Waals surface area contributed by atoms with Gasteiger partial charge in [-0.05, 0) is 44.4 Å². The lowest BCUT2D eigenvalue weighted by molar-refractivity contribution is -0.137. The van der Waals surface area contributed by atoms with Gasteiger partial charge in [-0.2, -0.15) is 4.98 Å². The second-order valence-electron chi connectivity index (χ2n) is 8.45. The van der Waals surface area contributed by atoms with Crippen LogP contribution in [-0.4, -0.2) is 64.9 Å². The van der Waals surface area contributed by atoms with Crippen LogP contribution in [0.3, 0.4) is 0 Å². The van der Waals surface area contributed by atoms with Gasteiger partial charge >= 0.3 is 6.03 Å². The fourth-order valence-corrected chi connectivity index (χ4v) is 3.75. The minimum absolute atomic E-state index is 0.0821. The molecule has 5 N–H and O–H groups in total. The SMILES string of the molecule is Cc1cnc(Nc2cccc(NC(=O)N3CCCC3)c2)nc1NCCCNC(=O)[C@@H]1CC(=O)N1. The summed E-state index contributed by atoms with van der Waals surface area (Å²) in [7, 11) is 0. The van der Waals surface area contributed by atoms with Crippen molar-refractivity contribution in [3.63, 3.8) is 0 Å². The van der Waals surface area contributed by atoms with Crippen molar-refractivity contribution in [1.29, 1.82) is 0 Å². The van der Waals surface area contributed by atoms with E-state index in [-0.39, 0.29) is 24.3 Å². The molecule has 0 unspecified atom stereocenters. The van der Waals surface area contributed by atoms with Gasteiger partial charge in [-0.15, -0.1) is 0 Å². The number of rotatable bonds is 9. The Kier molecular flexibility index (Phi) is 7.41. The Bertz CT molecular complexity index is 1050. The molecule has 180 valence electrons. The second-order valence-corrected chi connectivity index (χ2v) is 8.45. The summed E-state index contributed by atoms with van der Waals surface area (Å²) in [6, 6.07) is 6.96. The standard InChI is InChI=1S/C23H30N8O3/c1-15-14-26-22(30-20(15)24-8-5-9-25-21(33)18-13-19(32)29-18)27-16-6-4-7-17(12-16)28-23(34)31-10-2-3-11-31/h4,6-7,12,14,18H,2-3,5,8-11,13H2,1H3,(H,25,33)(H,28,34)(H,29,32)(H2,24,26,27,30)/t18-/m0/s1. The van der Waals surface area contributed by atoms with E-state index in [1.165, 1.54) is 0 Å². The van der Waals surface area contributed by atoms with Gasteiger partial charge in [0.1, 0.15) is 11.9 Å². The topological polar surface area (TPSA) is 140 Å². The van der Waals surface area contributed by atoms with Gasteiger partial charge < -0.3 is 31.5 Å². The first kappa shape index (κ1) is 23.3. The number of likely N-dealkylation sites (tertiary alicyclic amines) is 1. The number of nitrogens with one attached hydrogen (secondary N) is 5. The molecular formula is C23H30N8O3. The van der Waals surface area contributed by atoms with Crippen LogP contribution in [0.5, 0.6) is 0 Å². The number of carbonyl (C=O) groups excluding carboxylic acids is 3. The minimum Gasteiger partial charge on any atom is -0.370 e. The van der Waals surface area contributed by atoms with Gasteiger partial charge in [0.05, 0.1) is 6.42 Å². The van der Waals surface area contributed by atoms with Crippen LogP contribution in [0.15, 0.2) is 30.5 Å². The van der Waals surface area contributed by atoms with Crippen molar-refractivity contribution in [2.45, 2.75) is 38.6 Å². The molecule has 0 radical (unpaired) electrons. The maximum Gasteiger partial charge on any atom is 0.321 e. The van der Waals surface area contributed by atoms with Crippen LogP contribution in [0.4, 0.5) is 27.9 Å². The molecule has 1 atom stereocenters. The van der Waals surface area contributed by atoms with Crippen LogP contribution >= 0.6 is 0 Å². The molecule has 0 saturated carbocycles. The highest BCUT2D eigenvalue weighted by atomic mass is 16.2. The van der Waals surface area contributed by atoms with Gasteiger partial charge in [-0.1, -0.05) is 6.07 Å². The average Bonchev–Trinajstić information content (AvgIpc) is 3.34. The molecule has 2 aliphatic rings. The number of hydrogen-bond donors (Lipinski definition) is 5. The van der Waals surface area contributed by atoms with Crippen LogP contribution in [0.25, 0.3) is 0 Å². The van der Waals surface area contributed by atoms with E-state index in [4.69, 9.17) is 0 Å². The van der Waals surface area contributed by atoms with Crippen LogP contribution in [-0.2, 0) is 9.59 Å². The molecule has 4 amide bonds. The zero-order valence-corrected chi connectivity index (χ0v) is 19.2. The maximum atomic E-state index is 12.3. The number of hydrogen-bond acceptors (Lipinski definition) is 7. The summed E-state index contributed by atoms with van der Waals surface area (Å²) in [5.41, 5.74) is 2.37. The lowest BCUT2D eigenvalue weighted by atomic mass is 10.1. The summed E-state index contributed by atoms with van der Waals surface area (Å²) >= 11 is 0. The maximum absolute atomic E-state index is 12.3. The van der Waals surface area contributed by atoms with Crippen molar-refractivity contribution in [2.24, 2.45) is 0 Å². The predicted molar refractivity (Wildman–Crippen MR) is 129 cm³/mol. The molecule has 11 nitrogen and oxygen atoms in total. The Hall–Kier alpha value is -3.89. The van der Waals surface area contributed by atoms with Gasteiger partial charge in [0.15, 0.2) is 0 Å². The Balaban J connectivity index is 1.26. The minimum atomic E-state index is -0.398. The molecule has 2 aliphatic heterocycles. The summed E-state index contributed by atoms with van der Waals surface area (Å²) in [5.74, 6) is 0.894. The van der Waals surface area contributed by atoms with Crippen molar-refractivity contribution < 1.29 is 14.4 Å². The van der Waals surface area contributed by atoms with Crippen molar-refractivity contribution in [2.75, 3.05) is 42.1 Å². The molecule has 1 aromatic carbocycles. The lowest BCUT2D eigenvalue weighted by Crippen LogP contribution is -2.57. The summed E-state index contributed by atoms with van der Waals surface area (Å²) in [6.07, 6.45) is 4.79. The molecule has 3 heterocycles. The second kappa shape index (κ2) is 10.8. The molecule has 11 heteroatoms. The smallest absolute Gasteiger partial charge is 0.321 e. The molecule has 0 bridgehead atoms. The Morgan fingerprint density at radius 3 is 2.71 bits per heavy atom. The fourth-order valence-electron chi connectivity index (χ4n) is 3.75. The number of aromatic nitrogens is 2. The molecule has 1 aromatic heterocycles. The number of benzene rings is 1. The molecule has 4 rings (SSSR count). The van der Waals surface area contributed by atoms with Crippen molar-refractivity contribution in [3.05, 3.63) is 36.0 Å². The van der Waals surface area contributed by atoms with Gasteiger partial charge in [0.2, 0.25) is 17.8 Å². The van der Waals surface area contributed by atoms with Gasteiger partial charge in [-0.25, -0.2) is 9.78 Å². The van der Waals surface area contributed by atoms with E-state index in [1.54, 1.807) is 6.20 Å². The first-order valence-corrected chi connectivity index (χ1v) is 11.6. The monoisotopic (exact) mass is 466 g/mol. The third-order valence-electron chi connectivity index (χ3n) is 5.72. The van der Waals surface area contributed by atoms with E-state index in [2.05, 4.69) is 36.6 Å². The molecule has 2 saturated heterocycles. The number of amides is 4. The first-order valence-electron chi connectivity index (χ1n) is 11.6. The Morgan fingerprint density at radius 1 is 1.18 bits per heavy atom. The van der Waals surface area contributed by atoms with E-state index in [9.17, 15) is 14.4 Å². The number of aryl methyl sites for hydroxylation is 1. The van der Waals surface area contributed by atoms with E-state index in [1.807, 2.05) is 36.1 Å². The highest BCUT2D eigenvalue weighted by Gasteiger charge is 2.31. The van der Waals surface area contributed by atoms with Crippen molar-refractivity contribution >= 4 is 41.0 Å². The largest absolute Gasteiger partial charge is 0.370 e. The summed E-state index contributed by atoms with van der Waals surface area (Å²) < 4.78 is 0. The Labute approximate surface area is 198 Å². The third kappa shape index (κ3) is 6.12. The van der Waals surface area contributed by atoms with Crippen molar-refractivity contribution in [1.82, 2.24) is 25.5 Å². The molecule has 0 spiro atoms. The molecular weight excluding hydrogens is 436 g/mol. The number of nitrogens with zero attached hydrogens (tertiary/aromatic N) is 3. The number of carbonyl (C=O) groups is 3. The first-order chi connectivity index (χ1) is 16.5. The molecule has 2 aromatic rings. The normalized spacial score (nSPS) is 16.9. The highest BCUT2D eigenvalue weighted by molar-refractivity contribution is 5.97. The Morgan fingerprint density at radius 2 is 1.94 bits per heavy atom. The van der Waals surface area contributed by atoms with E-state index >= 15 is 0 Å². The van der Waals surface area contributed by atoms with Gasteiger partial charge in [0, 0.05) is 49.3 Å². The van der Waals surface area contributed by atoms with Crippen LogP contribution in [0, 0.1) is 6.92 Å². The van der Waals surface area contributed by atoms with Crippen molar-refractivity contribution in [3.8, 4) is 0 Å². The van der Waals surface area contributed by atoms with E-state index in [0.717, 1.165) is 37.2 Å². The van der Waals surface area contributed by atoms with Crippen LogP contribution in [0.2, 0.25) is 0 Å². The van der Waals surface area contributed by atoms with Gasteiger partial charge in [0.25, 0.3) is 0 Å². The molecule has 34 heavy (non-hydrogen) atoms. The van der Waals surface area contributed by atoms with Crippen LogP contribution < -0.4 is 26.6 Å². The average molecular weight is 467 g/mol. The summed E-state index contributed by atoms with van der Waals surface area (Å²) in [6.45, 7) is 4.63. The molecule has 0 aliphatic carbocycles. The molecule has 2 fully saturated rings. The summed E-state index contributed by atoms with van der Waals surface area (Å²) in [5, 5.41) is 14.8. The fraction of sp³-hybridized carbons (Fsp3) is 0.435. The third-order valence-corrected chi connectivity index (χ3v) is 5.72. The quantitative estimate of drug-likeness (QED) is 0.281. The summed E-state index contributed by atoms with van der Waals surface area (Å²) in [4.78, 5) is 45.8. The van der Waals surface area contributed by atoms with Gasteiger partial charge in [-0.3, -0.25) is 9.59 Å². The van der Waals surface area contributed by atoms with E-state index in [0.29, 0.717) is 37.0 Å². The number of anilines is 4. The zero-order chi connectivity index (χ0) is 23.9. The number of β-lactam (4-membered cyclic amide) rings is 1. The van der Waals surface area contributed by atoms with Crippen LogP contribution in [0.1, 0.15) is 31.2 Å². The van der Waals surface area contributed by atoms with E-state index < -0.39 is 6.04 Å². The zero-order valence-electron chi connectivity index (χ0n) is 19.2.